The average Bonchev–Trinajstić information content (AvgIpc) is 2.56. The summed E-state index contributed by atoms with van der Waals surface area (Å²) in [6.07, 6.45) is 0. The molecule has 2 aromatic rings. The molecule has 6 heteroatoms. The van der Waals surface area contributed by atoms with Crippen LogP contribution < -0.4 is 5.32 Å². The minimum Gasteiger partial charge on any atom is -0.359 e. The number of hydrogen-bond donors (Lipinski definition) is 1. The zero-order valence-electron chi connectivity index (χ0n) is 12.6. The van der Waals surface area contributed by atoms with Crippen molar-refractivity contribution in [2.24, 2.45) is 0 Å². The van der Waals surface area contributed by atoms with Gasteiger partial charge in [-0.3, -0.25) is 14.9 Å². The van der Waals surface area contributed by atoms with Gasteiger partial charge in [0.15, 0.2) is 0 Å². The lowest BCUT2D eigenvalue weighted by atomic mass is 9.80. The molecule has 0 heterocycles. The molecule has 2 atom stereocenters. The Hall–Kier alpha value is -2.76. The van der Waals surface area contributed by atoms with E-state index in [0.717, 1.165) is 0 Å². The van der Waals surface area contributed by atoms with Crippen molar-refractivity contribution in [3.05, 3.63) is 81.7 Å². The Morgan fingerprint density at radius 2 is 1.74 bits per heavy atom. The van der Waals surface area contributed by atoms with Crippen LogP contribution >= 0.6 is 0 Å². The van der Waals surface area contributed by atoms with Gasteiger partial charge in [-0.25, -0.2) is 4.39 Å². The number of carbonyl (C=O) groups excluding carboxylic acids is 1. The summed E-state index contributed by atoms with van der Waals surface area (Å²) >= 11 is 0. The van der Waals surface area contributed by atoms with Gasteiger partial charge < -0.3 is 5.32 Å². The van der Waals surface area contributed by atoms with Crippen molar-refractivity contribution in [2.45, 2.75) is 11.8 Å². The molecule has 1 amide bonds. The van der Waals surface area contributed by atoms with Crippen LogP contribution in [-0.2, 0) is 4.79 Å². The summed E-state index contributed by atoms with van der Waals surface area (Å²) in [6.45, 7) is -0.389. The minimum absolute atomic E-state index is 0.340. The molecule has 0 aliphatic rings. The van der Waals surface area contributed by atoms with E-state index in [0.29, 0.717) is 11.1 Å². The summed E-state index contributed by atoms with van der Waals surface area (Å²) in [6, 6.07) is 14.3. The number of halogens is 1. The van der Waals surface area contributed by atoms with Gasteiger partial charge in [-0.15, -0.1) is 0 Å². The Kier molecular flexibility index (Phi) is 5.41. The fourth-order valence-electron chi connectivity index (χ4n) is 2.66. The van der Waals surface area contributed by atoms with Gasteiger partial charge in [0.2, 0.25) is 12.5 Å². The maximum atomic E-state index is 13.2. The highest BCUT2D eigenvalue weighted by molar-refractivity contribution is 5.84. The Labute approximate surface area is 133 Å². The molecule has 0 aromatic heterocycles. The maximum Gasteiger partial charge on any atom is 0.228 e. The molecule has 0 radical (unpaired) electrons. The van der Waals surface area contributed by atoms with Crippen molar-refractivity contribution in [3.63, 3.8) is 0 Å². The zero-order valence-corrected chi connectivity index (χ0v) is 12.6. The van der Waals surface area contributed by atoms with E-state index in [-0.39, 0.29) is 12.5 Å². The number of nitrogens with one attached hydrogen (secondary N) is 1. The highest BCUT2D eigenvalue weighted by Crippen LogP contribution is 2.33. The summed E-state index contributed by atoms with van der Waals surface area (Å²) in [5.41, 5.74) is 1.24. The number of rotatable bonds is 6. The van der Waals surface area contributed by atoms with E-state index < -0.39 is 22.6 Å². The van der Waals surface area contributed by atoms with Crippen LogP contribution in [0.25, 0.3) is 0 Å². The second-order valence-electron chi connectivity index (χ2n) is 5.18. The van der Waals surface area contributed by atoms with Crippen molar-refractivity contribution in [1.82, 2.24) is 5.32 Å². The fraction of sp³-hybridized carbons (Fsp3) is 0.235. The van der Waals surface area contributed by atoms with Crippen LogP contribution in [-0.4, -0.2) is 24.4 Å². The fourth-order valence-corrected chi connectivity index (χ4v) is 2.66. The van der Waals surface area contributed by atoms with E-state index in [9.17, 15) is 19.3 Å². The van der Waals surface area contributed by atoms with E-state index in [2.05, 4.69) is 5.32 Å². The molecule has 0 saturated carbocycles. The number of carbonyl (C=O) groups is 1. The second kappa shape index (κ2) is 7.49. The van der Waals surface area contributed by atoms with Crippen molar-refractivity contribution in [1.29, 1.82) is 0 Å². The van der Waals surface area contributed by atoms with Crippen LogP contribution in [0.5, 0.6) is 0 Å². The first-order valence-electron chi connectivity index (χ1n) is 7.16. The molecule has 0 aliphatic heterocycles. The molecule has 5 nitrogen and oxygen atoms in total. The van der Waals surface area contributed by atoms with Crippen LogP contribution in [0.15, 0.2) is 54.6 Å². The van der Waals surface area contributed by atoms with E-state index in [1.54, 1.807) is 30.3 Å². The molecule has 2 aromatic carbocycles. The number of amides is 1. The van der Waals surface area contributed by atoms with Gasteiger partial charge in [0, 0.05) is 12.0 Å². The van der Waals surface area contributed by atoms with Gasteiger partial charge in [-0.05, 0) is 23.3 Å². The highest BCUT2D eigenvalue weighted by Gasteiger charge is 2.34. The maximum absolute atomic E-state index is 13.2. The third kappa shape index (κ3) is 4.12. The van der Waals surface area contributed by atoms with Crippen LogP contribution in [0.2, 0.25) is 0 Å². The molecular weight excluding hydrogens is 299 g/mol. The minimum atomic E-state index is -0.770. The van der Waals surface area contributed by atoms with Crippen molar-refractivity contribution in [2.75, 3.05) is 13.6 Å². The van der Waals surface area contributed by atoms with Gasteiger partial charge >= 0.3 is 0 Å². The molecule has 0 unspecified atom stereocenters. The van der Waals surface area contributed by atoms with E-state index >= 15 is 0 Å². The summed E-state index contributed by atoms with van der Waals surface area (Å²) < 4.78 is 13.2. The smallest absolute Gasteiger partial charge is 0.228 e. The molecule has 0 spiro atoms. The number of hydrogen-bond acceptors (Lipinski definition) is 3. The van der Waals surface area contributed by atoms with E-state index in [4.69, 9.17) is 0 Å². The summed E-state index contributed by atoms with van der Waals surface area (Å²) in [5, 5.41) is 13.6. The zero-order chi connectivity index (χ0) is 16.8. The molecule has 0 bridgehead atoms. The van der Waals surface area contributed by atoms with Crippen LogP contribution in [0, 0.1) is 15.9 Å². The average molecular weight is 316 g/mol. The first kappa shape index (κ1) is 16.6. The number of likely N-dealkylation sites (N-methyl/N-ethyl adjacent to an activating group) is 1. The monoisotopic (exact) mass is 316 g/mol. The first-order chi connectivity index (χ1) is 11.0. The van der Waals surface area contributed by atoms with Crippen molar-refractivity contribution in [3.8, 4) is 0 Å². The number of nitrogens with zero attached hydrogens (tertiary/aromatic N) is 1. The molecule has 0 saturated heterocycles. The summed E-state index contributed by atoms with van der Waals surface area (Å²) in [7, 11) is 1.48. The Bertz CT molecular complexity index is 674. The lowest BCUT2D eigenvalue weighted by Crippen LogP contribution is -2.33. The topological polar surface area (TPSA) is 72.2 Å². The van der Waals surface area contributed by atoms with Gasteiger partial charge in [0.05, 0.1) is 11.8 Å². The SMILES string of the molecule is CNC(=O)[C@@H](c1ccc(F)cc1)[C@H](C[N+](=O)[O-])c1ccccc1. The van der Waals surface area contributed by atoms with Crippen molar-refractivity contribution >= 4 is 5.91 Å². The number of nitro groups is 1. The summed E-state index contributed by atoms with van der Waals surface area (Å²) in [4.78, 5) is 23.0. The lowest BCUT2D eigenvalue weighted by Gasteiger charge is -2.24. The van der Waals surface area contributed by atoms with Crippen LogP contribution in [0.3, 0.4) is 0 Å². The normalized spacial score (nSPS) is 13.1. The van der Waals surface area contributed by atoms with Gasteiger partial charge in [-0.2, -0.15) is 0 Å². The Balaban J connectivity index is 2.50. The largest absolute Gasteiger partial charge is 0.359 e. The second-order valence-corrected chi connectivity index (χ2v) is 5.18. The first-order valence-corrected chi connectivity index (χ1v) is 7.16. The van der Waals surface area contributed by atoms with E-state index in [1.807, 2.05) is 0 Å². The van der Waals surface area contributed by atoms with Gasteiger partial charge in [0.1, 0.15) is 5.82 Å². The molecule has 0 fully saturated rings. The Morgan fingerprint density at radius 3 is 2.26 bits per heavy atom. The van der Waals surface area contributed by atoms with Gasteiger partial charge in [-0.1, -0.05) is 42.5 Å². The van der Waals surface area contributed by atoms with Gasteiger partial charge in [0.25, 0.3) is 0 Å². The lowest BCUT2D eigenvalue weighted by molar-refractivity contribution is -0.483. The standard InChI is InChI=1S/C17H17FN2O3/c1-19-17(21)16(13-7-9-14(18)10-8-13)15(11-20(22)23)12-5-3-2-4-6-12/h2-10,15-16H,11H2,1H3,(H,19,21)/t15-,16+/m1/s1. The third-order valence-electron chi connectivity index (χ3n) is 3.73. The molecule has 23 heavy (non-hydrogen) atoms. The molecule has 2 rings (SSSR count). The third-order valence-corrected chi connectivity index (χ3v) is 3.73. The van der Waals surface area contributed by atoms with Crippen LogP contribution in [0.4, 0.5) is 4.39 Å². The predicted octanol–water partition coefficient (Wildman–Crippen LogP) is 2.72. The molecule has 1 N–H and O–H groups in total. The van der Waals surface area contributed by atoms with E-state index in [1.165, 1.54) is 31.3 Å². The highest BCUT2D eigenvalue weighted by atomic mass is 19.1. The molecular formula is C17H17FN2O3. The van der Waals surface area contributed by atoms with Crippen molar-refractivity contribution < 1.29 is 14.1 Å². The molecule has 120 valence electrons. The predicted molar refractivity (Wildman–Crippen MR) is 84.3 cm³/mol. The molecule has 0 aliphatic carbocycles. The number of benzene rings is 2. The summed E-state index contributed by atoms with van der Waals surface area (Å²) in [5.74, 6) is -2.17. The quantitative estimate of drug-likeness (QED) is 0.658. The van der Waals surface area contributed by atoms with Crippen LogP contribution in [0.1, 0.15) is 23.0 Å². The Morgan fingerprint density at radius 1 is 1.13 bits per heavy atom.